The molecule has 0 spiro atoms. The summed E-state index contributed by atoms with van der Waals surface area (Å²) in [5.74, 6) is 0.917. The maximum atomic E-state index is 12.3. The van der Waals surface area contributed by atoms with Gasteiger partial charge in [0.15, 0.2) is 0 Å². The Morgan fingerprint density at radius 1 is 1.12 bits per heavy atom. The number of aromatic nitrogens is 2. The molecular formula is C19H14N4O2. The lowest BCUT2D eigenvalue weighted by atomic mass is 10.2. The van der Waals surface area contributed by atoms with Gasteiger partial charge in [-0.2, -0.15) is 5.26 Å². The maximum Gasteiger partial charge on any atom is 0.251 e. The van der Waals surface area contributed by atoms with E-state index in [1.165, 1.54) is 6.33 Å². The fourth-order valence-corrected chi connectivity index (χ4v) is 2.13. The first-order chi connectivity index (χ1) is 12.2. The summed E-state index contributed by atoms with van der Waals surface area (Å²) in [5, 5.41) is 11.6. The Bertz CT molecular complexity index is 903. The van der Waals surface area contributed by atoms with Crippen molar-refractivity contribution >= 4 is 5.91 Å². The summed E-state index contributed by atoms with van der Waals surface area (Å²) >= 11 is 0. The molecule has 0 saturated heterocycles. The molecule has 1 amide bonds. The fraction of sp³-hybridized carbons (Fsp3) is 0.0526. The highest BCUT2D eigenvalue weighted by Crippen LogP contribution is 2.22. The molecule has 0 atom stereocenters. The molecule has 0 fully saturated rings. The Balaban J connectivity index is 1.66. The van der Waals surface area contributed by atoms with E-state index in [0.29, 0.717) is 29.2 Å². The third kappa shape index (κ3) is 4.39. The number of nitrogens with one attached hydrogen (secondary N) is 1. The van der Waals surface area contributed by atoms with Crippen molar-refractivity contribution in [3.05, 3.63) is 83.9 Å². The van der Waals surface area contributed by atoms with E-state index >= 15 is 0 Å². The van der Waals surface area contributed by atoms with Crippen molar-refractivity contribution in [2.45, 2.75) is 6.54 Å². The van der Waals surface area contributed by atoms with Crippen LogP contribution in [-0.4, -0.2) is 15.9 Å². The minimum atomic E-state index is -0.219. The van der Waals surface area contributed by atoms with E-state index in [-0.39, 0.29) is 5.91 Å². The predicted octanol–water partition coefficient (Wildman–Crippen LogP) is 3.07. The summed E-state index contributed by atoms with van der Waals surface area (Å²) in [4.78, 5) is 20.2. The van der Waals surface area contributed by atoms with Crippen molar-refractivity contribution in [3.8, 4) is 17.6 Å². The van der Waals surface area contributed by atoms with Crippen LogP contribution in [-0.2, 0) is 6.54 Å². The molecule has 1 heterocycles. The third-order valence-corrected chi connectivity index (χ3v) is 3.39. The molecule has 0 aliphatic rings. The molecule has 0 saturated carbocycles. The molecule has 0 radical (unpaired) electrons. The SMILES string of the molecule is N#Cc1ccc(Oc2cccc(C(=O)NCc3ccncn3)c2)cc1. The van der Waals surface area contributed by atoms with Crippen LogP contribution in [0.1, 0.15) is 21.6 Å². The second-order valence-corrected chi connectivity index (χ2v) is 5.15. The number of hydrogen-bond acceptors (Lipinski definition) is 5. The fourth-order valence-electron chi connectivity index (χ4n) is 2.13. The van der Waals surface area contributed by atoms with Gasteiger partial charge in [-0.3, -0.25) is 4.79 Å². The van der Waals surface area contributed by atoms with Crippen LogP contribution < -0.4 is 10.1 Å². The van der Waals surface area contributed by atoms with Crippen LogP contribution >= 0.6 is 0 Å². The molecule has 0 aliphatic heterocycles. The predicted molar refractivity (Wildman–Crippen MR) is 90.9 cm³/mol. The molecule has 2 aromatic carbocycles. The zero-order valence-corrected chi connectivity index (χ0v) is 13.2. The third-order valence-electron chi connectivity index (χ3n) is 3.39. The quantitative estimate of drug-likeness (QED) is 0.777. The number of amides is 1. The lowest BCUT2D eigenvalue weighted by molar-refractivity contribution is 0.0950. The van der Waals surface area contributed by atoms with Gasteiger partial charge >= 0.3 is 0 Å². The zero-order chi connectivity index (χ0) is 17.5. The van der Waals surface area contributed by atoms with Gasteiger partial charge < -0.3 is 10.1 Å². The second-order valence-electron chi connectivity index (χ2n) is 5.15. The van der Waals surface area contributed by atoms with E-state index in [1.54, 1.807) is 60.8 Å². The van der Waals surface area contributed by atoms with Gasteiger partial charge in [0, 0.05) is 11.8 Å². The first-order valence-corrected chi connectivity index (χ1v) is 7.56. The Hall–Kier alpha value is -3.72. The summed E-state index contributed by atoms with van der Waals surface area (Å²) in [5.41, 5.74) is 1.78. The van der Waals surface area contributed by atoms with Gasteiger partial charge in [-0.1, -0.05) is 6.07 Å². The first-order valence-electron chi connectivity index (χ1n) is 7.56. The number of ether oxygens (including phenoxy) is 1. The van der Waals surface area contributed by atoms with Gasteiger partial charge in [0.25, 0.3) is 5.91 Å². The first kappa shape index (κ1) is 16.1. The van der Waals surface area contributed by atoms with E-state index < -0.39 is 0 Å². The summed E-state index contributed by atoms with van der Waals surface area (Å²) in [6.07, 6.45) is 3.06. The summed E-state index contributed by atoms with van der Waals surface area (Å²) < 4.78 is 5.72. The average molecular weight is 330 g/mol. The molecule has 25 heavy (non-hydrogen) atoms. The van der Waals surface area contributed by atoms with Crippen LogP contribution in [0.4, 0.5) is 0 Å². The number of rotatable bonds is 5. The van der Waals surface area contributed by atoms with Crippen molar-refractivity contribution in [2.75, 3.05) is 0 Å². The average Bonchev–Trinajstić information content (AvgIpc) is 2.68. The number of benzene rings is 2. The number of nitrogens with zero attached hydrogens (tertiary/aromatic N) is 3. The van der Waals surface area contributed by atoms with Crippen LogP contribution in [0.25, 0.3) is 0 Å². The molecule has 6 nitrogen and oxygen atoms in total. The van der Waals surface area contributed by atoms with Crippen molar-refractivity contribution in [1.82, 2.24) is 15.3 Å². The zero-order valence-electron chi connectivity index (χ0n) is 13.2. The molecule has 1 N–H and O–H groups in total. The molecule has 1 aromatic heterocycles. The largest absolute Gasteiger partial charge is 0.457 e. The van der Waals surface area contributed by atoms with Crippen molar-refractivity contribution in [2.24, 2.45) is 0 Å². The topological polar surface area (TPSA) is 87.9 Å². The van der Waals surface area contributed by atoms with E-state index in [2.05, 4.69) is 21.4 Å². The number of nitriles is 1. The van der Waals surface area contributed by atoms with Crippen LogP contribution in [0.15, 0.2) is 67.1 Å². The highest BCUT2D eigenvalue weighted by atomic mass is 16.5. The van der Waals surface area contributed by atoms with E-state index in [9.17, 15) is 4.79 Å². The smallest absolute Gasteiger partial charge is 0.251 e. The highest BCUT2D eigenvalue weighted by Gasteiger charge is 2.07. The minimum Gasteiger partial charge on any atom is -0.457 e. The second kappa shape index (κ2) is 7.70. The highest BCUT2D eigenvalue weighted by molar-refractivity contribution is 5.94. The monoisotopic (exact) mass is 330 g/mol. The Morgan fingerprint density at radius 2 is 1.96 bits per heavy atom. The van der Waals surface area contributed by atoms with E-state index in [4.69, 9.17) is 10.00 Å². The molecule has 3 aromatic rings. The Morgan fingerprint density at radius 3 is 2.68 bits per heavy atom. The lowest BCUT2D eigenvalue weighted by Crippen LogP contribution is -2.23. The molecule has 122 valence electrons. The van der Waals surface area contributed by atoms with Gasteiger partial charge in [0.1, 0.15) is 17.8 Å². The molecular weight excluding hydrogens is 316 g/mol. The van der Waals surface area contributed by atoms with Gasteiger partial charge in [-0.15, -0.1) is 0 Å². The number of carbonyl (C=O) groups is 1. The van der Waals surface area contributed by atoms with E-state index in [1.807, 2.05) is 0 Å². The summed E-state index contributed by atoms with van der Waals surface area (Å²) in [6.45, 7) is 0.321. The van der Waals surface area contributed by atoms with Crippen LogP contribution in [0.3, 0.4) is 0 Å². The van der Waals surface area contributed by atoms with Crippen molar-refractivity contribution < 1.29 is 9.53 Å². The lowest BCUT2D eigenvalue weighted by Gasteiger charge is -2.08. The summed E-state index contributed by atoms with van der Waals surface area (Å²) in [6, 6.07) is 17.4. The van der Waals surface area contributed by atoms with Gasteiger partial charge in [-0.05, 0) is 48.5 Å². The standard InChI is InChI=1S/C19H14N4O2/c20-11-14-4-6-17(7-5-14)25-18-3-1-2-15(10-18)19(24)22-12-16-8-9-21-13-23-16/h1-10,13H,12H2,(H,22,24). The van der Waals surface area contributed by atoms with Crippen LogP contribution in [0.2, 0.25) is 0 Å². The Kier molecular flexibility index (Phi) is 4.98. The van der Waals surface area contributed by atoms with E-state index in [0.717, 1.165) is 5.69 Å². The molecule has 0 unspecified atom stereocenters. The van der Waals surface area contributed by atoms with Gasteiger partial charge in [0.05, 0.1) is 23.9 Å². The molecule has 0 bridgehead atoms. The molecule has 6 heteroatoms. The Labute approximate surface area is 144 Å². The van der Waals surface area contributed by atoms with Crippen molar-refractivity contribution in [3.63, 3.8) is 0 Å². The van der Waals surface area contributed by atoms with Crippen LogP contribution in [0.5, 0.6) is 11.5 Å². The van der Waals surface area contributed by atoms with Crippen LogP contribution in [0, 0.1) is 11.3 Å². The van der Waals surface area contributed by atoms with Gasteiger partial charge in [-0.25, -0.2) is 9.97 Å². The normalized spacial score (nSPS) is 9.88. The minimum absolute atomic E-state index is 0.219. The van der Waals surface area contributed by atoms with Crippen molar-refractivity contribution in [1.29, 1.82) is 5.26 Å². The molecule has 3 rings (SSSR count). The van der Waals surface area contributed by atoms with Gasteiger partial charge in [0.2, 0.25) is 0 Å². The summed E-state index contributed by atoms with van der Waals surface area (Å²) in [7, 11) is 0. The molecule has 0 aliphatic carbocycles. The number of hydrogen-bond donors (Lipinski definition) is 1. The number of carbonyl (C=O) groups excluding carboxylic acids is 1. The maximum absolute atomic E-state index is 12.3.